The van der Waals surface area contributed by atoms with Crippen LogP contribution in [-0.4, -0.2) is 62.7 Å². The molecule has 0 aromatic carbocycles. The molecule has 0 saturated carbocycles. The average molecular weight is 229 g/mol. The maximum absolute atomic E-state index is 3.50. The summed E-state index contributed by atoms with van der Waals surface area (Å²) in [7, 11) is 4.29. The second kappa shape index (κ2) is 10.1. The van der Waals surface area contributed by atoms with E-state index in [9.17, 15) is 0 Å². The Morgan fingerprint density at radius 1 is 1.12 bits per heavy atom. The predicted molar refractivity (Wildman–Crippen MR) is 73.0 cm³/mol. The van der Waals surface area contributed by atoms with Crippen LogP contribution < -0.4 is 5.32 Å². The Balaban J connectivity index is 3.65. The van der Waals surface area contributed by atoms with Gasteiger partial charge in [-0.3, -0.25) is 4.90 Å². The summed E-state index contributed by atoms with van der Waals surface area (Å²) in [5.41, 5.74) is 0. The molecule has 0 amide bonds. The monoisotopic (exact) mass is 229 g/mol. The van der Waals surface area contributed by atoms with Crippen molar-refractivity contribution < 1.29 is 0 Å². The first-order valence-corrected chi connectivity index (χ1v) is 6.71. The fourth-order valence-electron chi connectivity index (χ4n) is 1.98. The van der Waals surface area contributed by atoms with Crippen molar-refractivity contribution >= 4 is 0 Å². The van der Waals surface area contributed by atoms with Gasteiger partial charge in [-0.1, -0.05) is 20.3 Å². The molecule has 0 saturated heterocycles. The molecule has 0 spiro atoms. The Hall–Kier alpha value is -0.120. The molecule has 0 aromatic rings. The van der Waals surface area contributed by atoms with Crippen LogP contribution in [0.25, 0.3) is 0 Å². The van der Waals surface area contributed by atoms with Crippen molar-refractivity contribution in [3.05, 3.63) is 0 Å². The van der Waals surface area contributed by atoms with E-state index < -0.39 is 0 Å². The highest BCUT2D eigenvalue weighted by atomic mass is 15.2. The Morgan fingerprint density at radius 2 is 1.81 bits per heavy atom. The summed E-state index contributed by atoms with van der Waals surface area (Å²) in [6, 6.07) is 0.646. The summed E-state index contributed by atoms with van der Waals surface area (Å²) < 4.78 is 0. The highest BCUT2D eigenvalue weighted by molar-refractivity contribution is 4.69. The Bertz CT molecular complexity index is 148. The molecule has 0 aromatic heterocycles. The van der Waals surface area contributed by atoms with Gasteiger partial charge in [0.2, 0.25) is 0 Å². The molecule has 0 aliphatic heterocycles. The van der Waals surface area contributed by atoms with Crippen LogP contribution in [0, 0.1) is 0 Å². The molecular weight excluding hydrogens is 198 g/mol. The molecule has 16 heavy (non-hydrogen) atoms. The van der Waals surface area contributed by atoms with E-state index in [0.717, 1.165) is 32.7 Å². The number of hydrogen-bond acceptors (Lipinski definition) is 3. The lowest BCUT2D eigenvalue weighted by Gasteiger charge is -2.30. The largest absolute Gasteiger partial charge is 0.315 e. The van der Waals surface area contributed by atoms with Crippen LogP contribution in [0.3, 0.4) is 0 Å². The van der Waals surface area contributed by atoms with Crippen LogP contribution >= 0.6 is 0 Å². The normalized spacial score (nSPS) is 13.7. The third-order valence-corrected chi connectivity index (χ3v) is 2.94. The number of hydrogen-bond donors (Lipinski definition) is 1. The van der Waals surface area contributed by atoms with Crippen LogP contribution in [0.5, 0.6) is 0 Å². The summed E-state index contributed by atoms with van der Waals surface area (Å²) in [6.45, 7) is 12.5. The summed E-state index contributed by atoms with van der Waals surface area (Å²) in [5, 5.41) is 3.50. The minimum Gasteiger partial charge on any atom is -0.315 e. The Kier molecular flexibility index (Phi) is 9.99. The number of nitrogens with one attached hydrogen (secondary N) is 1. The fraction of sp³-hybridized carbons (Fsp3) is 1.00. The van der Waals surface area contributed by atoms with Crippen LogP contribution in [0.2, 0.25) is 0 Å². The number of unbranched alkanes of at least 4 members (excludes halogenated alkanes) is 1. The zero-order chi connectivity index (χ0) is 12.4. The third kappa shape index (κ3) is 8.08. The van der Waals surface area contributed by atoms with Gasteiger partial charge >= 0.3 is 0 Å². The molecular formula is C13H31N3. The van der Waals surface area contributed by atoms with E-state index >= 15 is 0 Å². The molecule has 0 radical (unpaired) electrons. The van der Waals surface area contributed by atoms with Gasteiger partial charge < -0.3 is 10.2 Å². The van der Waals surface area contributed by atoms with E-state index in [1.807, 2.05) is 0 Å². The highest BCUT2D eigenvalue weighted by Crippen LogP contribution is 1.99. The van der Waals surface area contributed by atoms with Gasteiger partial charge in [-0.25, -0.2) is 0 Å². The van der Waals surface area contributed by atoms with Crippen molar-refractivity contribution in [1.29, 1.82) is 0 Å². The van der Waals surface area contributed by atoms with Crippen molar-refractivity contribution in [2.24, 2.45) is 0 Å². The standard InChI is InChI=1S/C13H31N3/c1-6-8-9-14-10-11-16(7-2)13(3)12-15(4)5/h13-14H,6-12H2,1-5H3. The van der Waals surface area contributed by atoms with Gasteiger partial charge in [0, 0.05) is 25.7 Å². The van der Waals surface area contributed by atoms with Gasteiger partial charge in [-0.05, 0) is 40.5 Å². The second-order valence-corrected chi connectivity index (χ2v) is 4.84. The molecule has 3 heteroatoms. The van der Waals surface area contributed by atoms with E-state index in [2.05, 4.69) is 50.0 Å². The lowest BCUT2D eigenvalue weighted by Crippen LogP contribution is -2.43. The van der Waals surface area contributed by atoms with Crippen LogP contribution in [0.1, 0.15) is 33.6 Å². The molecule has 1 atom stereocenters. The number of nitrogens with zero attached hydrogens (tertiary/aromatic N) is 2. The van der Waals surface area contributed by atoms with Gasteiger partial charge in [0.25, 0.3) is 0 Å². The molecule has 0 aliphatic carbocycles. The number of likely N-dealkylation sites (N-methyl/N-ethyl adjacent to an activating group) is 2. The van der Waals surface area contributed by atoms with Crippen molar-refractivity contribution in [3.63, 3.8) is 0 Å². The molecule has 0 bridgehead atoms. The molecule has 0 heterocycles. The molecule has 1 N–H and O–H groups in total. The van der Waals surface area contributed by atoms with Gasteiger partial charge in [0.1, 0.15) is 0 Å². The first kappa shape index (κ1) is 15.9. The summed E-state index contributed by atoms with van der Waals surface area (Å²) in [4.78, 5) is 4.80. The Morgan fingerprint density at radius 3 is 2.31 bits per heavy atom. The average Bonchev–Trinajstić information content (AvgIpc) is 2.22. The van der Waals surface area contributed by atoms with Crippen LogP contribution in [0.15, 0.2) is 0 Å². The van der Waals surface area contributed by atoms with Gasteiger partial charge in [0.05, 0.1) is 0 Å². The fourth-order valence-corrected chi connectivity index (χ4v) is 1.98. The lowest BCUT2D eigenvalue weighted by molar-refractivity contribution is 0.182. The maximum Gasteiger partial charge on any atom is 0.0195 e. The summed E-state index contributed by atoms with van der Waals surface area (Å²) in [5.74, 6) is 0. The minimum atomic E-state index is 0.646. The maximum atomic E-state index is 3.50. The first-order chi connectivity index (χ1) is 7.61. The van der Waals surface area contributed by atoms with Crippen molar-refractivity contribution in [1.82, 2.24) is 15.1 Å². The molecule has 0 rings (SSSR count). The SMILES string of the molecule is CCCCNCCN(CC)C(C)CN(C)C. The minimum absolute atomic E-state index is 0.646. The molecule has 1 unspecified atom stereocenters. The van der Waals surface area contributed by atoms with Gasteiger partial charge in [-0.2, -0.15) is 0 Å². The zero-order valence-corrected chi connectivity index (χ0v) is 11.9. The van der Waals surface area contributed by atoms with Gasteiger partial charge in [-0.15, -0.1) is 0 Å². The van der Waals surface area contributed by atoms with Crippen LogP contribution in [0.4, 0.5) is 0 Å². The van der Waals surface area contributed by atoms with Crippen molar-refractivity contribution in [2.75, 3.05) is 46.8 Å². The van der Waals surface area contributed by atoms with E-state index in [1.165, 1.54) is 12.8 Å². The molecule has 3 nitrogen and oxygen atoms in total. The molecule has 0 aliphatic rings. The topological polar surface area (TPSA) is 18.5 Å². The lowest BCUT2D eigenvalue weighted by atomic mass is 10.2. The smallest absolute Gasteiger partial charge is 0.0195 e. The molecule has 98 valence electrons. The second-order valence-electron chi connectivity index (χ2n) is 4.84. The van der Waals surface area contributed by atoms with E-state index in [4.69, 9.17) is 0 Å². The van der Waals surface area contributed by atoms with E-state index in [1.54, 1.807) is 0 Å². The van der Waals surface area contributed by atoms with Crippen molar-refractivity contribution in [2.45, 2.75) is 39.7 Å². The zero-order valence-electron chi connectivity index (χ0n) is 11.9. The first-order valence-electron chi connectivity index (χ1n) is 6.71. The van der Waals surface area contributed by atoms with E-state index in [0.29, 0.717) is 6.04 Å². The summed E-state index contributed by atoms with van der Waals surface area (Å²) >= 11 is 0. The Labute approximate surface area is 102 Å². The van der Waals surface area contributed by atoms with Crippen molar-refractivity contribution in [3.8, 4) is 0 Å². The van der Waals surface area contributed by atoms with E-state index in [-0.39, 0.29) is 0 Å². The quantitative estimate of drug-likeness (QED) is 0.575. The van der Waals surface area contributed by atoms with Gasteiger partial charge in [0.15, 0.2) is 0 Å². The molecule has 0 fully saturated rings. The highest BCUT2D eigenvalue weighted by Gasteiger charge is 2.11. The number of rotatable bonds is 10. The van der Waals surface area contributed by atoms with Crippen LogP contribution in [-0.2, 0) is 0 Å². The third-order valence-electron chi connectivity index (χ3n) is 2.94. The predicted octanol–water partition coefficient (Wildman–Crippen LogP) is 1.65. The summed E-state index contributed by atoms with van der Waals surface area (Å²) in [6.07, 6.45) is 2.57.